The van der Waals surface area contributed by atoms with Crippen molar-refractivity contribution in [2.45, 2.75) is 0 Å². The van der Waals surface area contributed by atoms with Crippen LogP contribution in [0.3, 0.4) is 0 Å². The van der Waals surface area contributed by atoms with Gasteiger partial charge in [0, 0.05) is 22.3 Å². The number of thiocarbonyl (C=S) groups is 1. The molecule has 0 bridgehead atoms. The molecule has 2 aromatic rings. The van der Waals surface area contributed by atoms with E-state index in [9.17, 15) is 10.1 Å². The van der Waals surface area contributed by atoms with Crippen LogP contribution in [0, 0.1) is 10.1 Å². The Bertz CT molecular complexity index is 719. The van der Waals surface area contributed by atoms with E-state index in [-0.39, 0.29) is 5.69 Å². The van der Waals surface area contributed by atoms with Gasteiger partial charge in [-0.2, -0.15) is 5.10 Å². The second-order valence-electron chi connectivity index (χ2n) is 4.18. The zero-order chi connectivity index (χ0) is 15.9. The molecule has 0 saturated heterocycles. The van der Waals surface area contributed by atoms with E-state index in [2.05, 4.69) is 31.8 Å². The fourth-order valence-corrected chi connectivity index (χ4v) is 2.14. The Kier molecular flexibility index (Phi) is 5.56. The lowest BCUT2D eigenvalue weighted by Gasteiger charge is -2.06. The monoisotopic (exact) mass is 378 g/mol. The molecule has 0 spiro atoms. The second kappa shape index (κ2) is 7.62. The first-order chi connectivity index (χ1) is 10.5. The molecular formula is C14H11BrN4O2S. The van der Waals surface area contributed by atoms with Gasteiger partial charge in [0.1, 0.15) is 0 Å². The lowest BCUT2D eigenvalue weighted by molar-refractivity contribution is -0.384. The zero-order valence-corrected chi connectivity index (χ0v) is 13.6. The van der Waals surface area contributed by atoms with Gasteiger partial charge in [-0.05, 0) is 48.1 Å². The van der Waals surface area contributed by atoms with Crippen LogP contribution in [0.5, 0.6) is 0 Å². The average Bonchev–Trinajstić information content (AvgIpc) is 2.47. The molecule has 0 aromatic heterocycles. The molecule has 0 saturated carbocycles. The SMILES string of the molecule is O=[N+]([O-])c1ccc(/C=N\NC(=S)Nc2cccc(Br)c2)cc1. The van der Waals surface area contributed by atoms with Gasteiger partial charge in [0.15, 0.2) is 5.11 Å². The van der Waals surface area contributed by atoms with Crippen molar-refractivity contribution < 1.29 is 4.92 Å². The van der Waals surface area contributed by atoms with Crippen molar-refractivity contribution in [3.8, 4) is 0 Å². The number of anilines is 1. The van der Waals surface area contributed by atoms with E-state index in [1.165, 1.54) is 18.3 Å². The van der Waals surface area contributed by atoms with E-state index < -0.39 is 4.92 Å². The summed E-state index contributed by atoms with van der Waals surface area (Å²) in [5.41, 5.74) is 4.27. The molecule has 2 aromatic carbocycles. The largest absolute Gasteiger partial charge is 0.331 e. The maximum absolute atomic E-state index is 10.5. The number of nitro benzene ring substituents is 1. The third-order valence-corrected chi connectivity index (χ3v) is 3.25. The normalized spacial score (nSPS) is 10.4. The average molecular weight is 379 g/mol. The minimum Gasteiger partial charge on any atom is -0.331 e. The Hall–Kier alpha value is -2.32. The highest BCUT2D eigenvalue weighted by Crippen LogP contribution is 2.15. The number of hydrazone groups is 1. The van der Waals surface area contributed by atoms with Crippen molar-refractivity contribution in [1.82, 2.24) is 5.43 Å². The Morgan fingerprint density at radius 2 is 2.00 bits per heavy atom. The summed E-state index contributed by atoms with van der Waals surface area (Å²) < 4.78 is 0.940. The highest BCUT2D eigenvalue weighted by Gasteiger charge is 2.02. The molecule has 0 radical (unpaired) electrons. The van der Waals surface area contributed by atoms with Gasteiger partial charge in [-0.1, -0.05) is 22.0 Å². The molecule has 0 aliphatic rings. The lowest BCUT2D eigenvalue weighted by atomic mass is 10.2. The Balaban J connectivity index is 1.89. The Morgan fingerprint density at radius 1 is 1.27 bits per heavy atom. The molecule has 6 nitrogen and oxygen atoms in total. The molecule has 0 aliphatic carbocycles. The first kappa shape index (κ1) is 16.1. The number of rotatable bonds is 4. The van der Waals surface area contributed by atoms with E-state index in [4.69, 9.17) is 12.2 Å². The van der Waals surface area contributed by atoms with Crippen molar-refractivity contribution in [2.75, 3.05) is 5.32 Å². The van der Waals surface area contributed by atoms with Gasteiger partial charge in [0.2, 0.25) is 0 Å². The maximum atomic E-state index is 10.5. The van der Waals surface area contributed by atoms with Crippen LogP contribution in [0.4, 0.5) is 11.4 Å². The molecule has 0 heterocycles. The zero-order valence-electron chi connectivity index (χ0n) is 11.2. The molecule has 8 heteroatoms. The first-order valence-electron chi connectivity index (χ1n) is 6.15. The molecule has 0 atom stereocenters. The molecular weight excluding hydrogens is 368 g/mol. The highest BCUT2D eigenvalue weighted by atomic mass is 79.9. The van der Waals surface area contributed by atoms with E-state index in [0.717, 1.165) is 15.7 Å². The number of nitrogens with zero attached hydrogens (tertiary/aromatic N) is 2. The number of benzene rings is 2. The third kappa shape index (κ3) is 4.90. The van der Waals surface area contributed by atoms with Gasteiger partial charge >= 0.3 is 0 Å². The molecule has 0 amide bonds. The Labute approximate surface area is 140 Å². The van der Waals surface area contributed by atoms with Crippen molar-refractivity contribution >= 4 is 50.8 Å². The van der Waals surface area contributed by atoms with E-state index in [1.807, 2.05) is 24.3 Å². The summed E-state index contributed by atoms with van der Waals surface area (Å²) in [7, 11) is 0. The second-order valence-corrected chi connectivity index (χ2v) is 5.51. The fraction of sp³-hybridized carbons (Fsp3) is 0. The van der Waals surface area contributed by atoms with Crippen molar-refractivity contribution in [3.63, 3.8) is 0 Å². The number of nitrogens with one attached hydrogen (secondary N) is 2. The Morgan fingerprint density at radius 3 is 2.64 bits per heavy atom. The van der Waals surface area contributed by atoms with Crippen molar-refractivity contribution in [2.24, 2.45) is 5.10 Å². The van der Waals surface area contributed by atoms with Crippen LogP contribution in [0.1, 0.15) is 5.56 Å². The molecule has 0 unspecified atom stereocenters. The van der Waals surface area contributed by atoms with Gasteiger partial charge in [0.25, 0.3) is 5.69 Å². The minimum atomic E-state index is -0.448. The van der Waals surface area contributed by atoms with Gasteiger partial charge in [0.05, 0.1) is 11.1 Å². The molecule has 2 N–H and O–H groups in total. The standard InChI is InChI=1S/C14H11BrN4O2S/c15-11-2-1-3-12(8-11)17-14(22)18-16-9-10-4-6-13(7-5-10)19(20)21/h1-9H,(H2,17,18,22)/b16-9-. The number of halogens is 1. The van der Waals surface area contributed by atoms with E-state index in [1.54, 1.807) is 12.1 Å². The molecule has 22 heavy (non-hydrogen) atoms. The summed E-state index contributed by atoms with van der Waals surface area (Å²) in [5.74, 6) is 0. The van der Waals surface area contributed by atoms with Crippen LogP contribution in [-0.2, 0) is 0 Å². The number of non-ortho nitro benzene ring substituents is 1. The lowest BCUT2D eigenvalue weighted by Crippen LogP contribution is -2.23. The minimum absolute atomic E-state index is 0.0388. The predicted molar refractivity (Wildman–Crippen MR) is 94.2 cm³/mol. The molecule has 2 rings (SSSR count). The fourth-order valence-electron chi connectivity index (χ4n) is 1.57. The van der Waals surface area contributed by atoms with Crippen LogP contribution in [-0.4, -0.2) is 16.3 Å². The van der Waals surface area contributed by atoms with Crippen LogP contribution >= 0.6 is 28.1 Å². The summed E-state index contributed by atoms with van der Waals surface area (Å²) in [6, 6.07) is 13.6. The van der Waals surface area contributed by atoms with Gasteiger partial charge in [-0.25, -0.2) is 0 Å². The first-order valence-corrected chi connectivity index (χ1v) is 7.35. The topological polar surface area (TPSA) is 79.6 Å². The van der Waals surface area contributed by atoms with Crippen LogP contribution < -0.4 is 10.7 Å². The summed E-state index contributed by atoms with van der Waals surface area (Å²) in [6.07, 6.45) is 1.53. The van der Waals surface area contributed by atoms with Crippen LogP contribution in [0.25, 0.3) is 0 Å². The molecule has 0 fully saturated rings. The summed E-state index contributed by atoms with van der Waals surface area (Å²) in [5, 5.41) is 17.8. The number of hydrogen-bond donors (Lipinski definition) is 2. The maximum Gasteiger partial charge on any atom is 0.269 e. The van der Waals surface area contributed by atoms with Crippen molar-refractivity contribution in [3.05, 3.63) is 68.7 Å². The van der Waals surface area contributed by atoms with Crippen LogP contribution in [0.2, 0.25) is 0 Å². The highest BCUT2D eigenvalue weighted by molar-refractivity contribution is 9.10. The van der Waals surface area contributed by atoms with E-state index in [0.29, 0.717) is 5.11 Å². The smallest absolute Gasteiger partial charge is 0.269 e. The molecule has 0 aliphatic heterocycles. The summed E-state index contributed by atoms with van der Waals surface area (Å²) in [4.78, 5) is 10.1. The quantitative estimate of drug-likeness (QED) is 0.367. The molecule has 112 valence electrons. The third-order valence-electron chi connectivity index (χ3n) is 2.57. The van der Waals surface area contributed by atoms with Crippen LogP contribution in [0.15, 0.2) is 58.1 Å². The van der Waals surface area contributed by atoms with Gasteiger partial charge in [-0.3, -0.25) is 15.5 Å². The number of hydrogen-bond acceptors (Lipinski definition) is 4. The summed E-state index contributed by atoms with van der Waals surface area (Å²) >= 11 is 8.48. The van der Waals surface area contributed by atoms with Gasteiger partial charge in [-0.15, -0.1) is 0 Å². The van der Waals surface area contributed by atoms with E-state index >= 15 is 0 Å². The summed E-state index contributed by atoms with van der Waals surface area (Å²) in [6.45, 7) is 0. The number of nitro groups is 1. The predicted octanol–water partition coefficient (Wildman–Crippen LogP) is 3.68. The van der Waals surface area contributed by atoms with Crippen molar-refractivity contribution in [1.29, 1.82) is 0 Å². The van der Waals surface area contributed by atoms with Gasteiger partial charge < -0.3 is 5.32 Å².